The molecule has 1 aromatic heterocycles. The van der Waals surface area contributed by atoms with Crippen molar-refractivity contribution in [2.24, 2.45) is 4.99 Å². The van der Waals surface area contributed by atoms with Gasteiger partial charge in [0.25, 0.3) is 0 Å². The molecule has 2 aromatic rings. The molecule has 0 amide bonds. The third-order valence-electron chi connectivity index (χ3n) is 4.06. The Bertz CT molecular complexity index is 686. The number of benzene rings is 1. The van der Waals surface area contributed by atoms with Crippen LogP contribution in [0.4, 0.5) is 0 Å². The first-order chi connectivity index (χ1) is 12.7. The zero-order valence-corrected chi connectivity index (χ0v) is 16.1. The van der Waals surface area contributed by atoms with Crippen molar-refractivity contribution in [1.82, 2.24) is 15.6 Å². The highest BCUT2D eigenvalue weighted by molar-refractivity contribution is 5.79. The summed E-state index contributed by atoms with van der Waals surface area (Å²) < 4.78 is 6.00. The van der Waals surface area contributed by atoms with Crippen LogP contribution < -0.4 is 15.4 Å². The number of pyridine rings is 1. The molecule has 0 aliphatic heterocycles. The van der Waals surface area contributed by atoms with Crippen molar-refractivity contribution in [2.45, 2.75) is 46.2 Å². The summed E-state index contributed by atoms with van der Waals surface area (Å²) in [7, 11) is 1.77. The van der Waals surface area contributed by atoms with Gasteiger partial charge in [0, 0.05) is 25.4 Å². The number of nitrogens with one attached hydrogen (secondary N) is 2. The molecule has 0 spiro atoms. The summed E-state index contributed by atoms with van der Waals surface area (Å²) in [5.41, 5.74) is 3.32. The SMILES string of the molecule is CCCCCOc1cc(C)ccc1CNC(=NC)NCc1ccccn1. The first kappa shape index (κ1) is 19.8. The second-order valence-corrected chi connectivity index (χ2v) is 6.27. The monoisotopic (exact) mass is 354 g/mol. The first-order valence-electron chi connectivity index (χ1n) is 9.29. The predicted molar refractivity (Wildman–Crippen MR) is 107 cm³/mol. The second-order valence-electron chi connectivity index (χ2n) is 6.27. The smallest absolute Gasteiger partial charge is 0.191 e. The molecule has 0 unspecified atom stereocenters. The number of guanidine groups is 1. The van der Waals surface area contributed by atoms with E-state index in [4.69, 9.17) is 4.74 Å². The van der Waals surface area contributed by atoms with Gasteiger partial charge in [-0.05, 0) is 37.1 Å². The van der Waals surface area contributed by atoms with Gasteiger partial charge in [-0.15, -0.1) is 0 Å². The lowest BCUT2D eigenvalue weighted by Gasteiger charge is -2.15. The fourth-order valence-corrected chi connectivity index (χ4v) is 2.55. The summed E-state index contributed by atoms with van der Waals surface area (Å²) in [6.45, 7) is 6.34. The number of aromatic nitrogens is 1. The summed E-state index contributed by atoms with van der Waals surface area (Å²) >= 11 is 0. The Morgan fingerprint density at radius 1 is 1.12 bits per heavy atom. The highest BCUT2D eigenvalue weighted by atomic mass is 16.5. The van der Waals surface area contributed by atoms with E-state index in [1.54, 1.807) is 13.2 Å². The quantitative estimate of drug-likeness (QED) is 0.408. The van der Waals surface area contributed by atoms with E-state index < -0.39 is 0 Å². The Hall–Kier alpha value is -2.56. The molecule has 1 aromatic carbocycles. The summed E-state index contributed by atoms with van der Waals surface area (Å²) in [5.74, 6) is 1.70. The van der Waals surface area contributed by atoms with Gasteiger partial charge < -0.3 is 15.4 Å². The number of rotatable bonds is 9. The lowest BCUT2D eigenvalue weighted by Crippen LogP contribution is -2.36. The molecule has 1 heterocycles. The van der Waals surface area contributed by atoms with E-state index in [1.807, 2.05) is 18.2 Å². The molecule has 0 atom stereocenters. The summed E-state index contributed by atoms with van der Waals surface area (Å²) in [6.07, 6.45) is 5.28. The van der Waals surface area contributed by atoms with Crippen LogP contribution in [-0.2, 0) is 13.1 Å². The van der Waals surface area contributed by atoms with Crippen molar-refractivity contribution in [3.8, 4) is 5.75 Å². The van der Waals surface area contributed by atoms with Crippen LogP contribution in [0.5, 0.6) is 5.75 Å². The van der Waals surface area contributed by atoms with E-state index in [0.717, 1.165) is 36.0 Å². The molecule has 0 bridgehead atoms. The fourth-order valence-electron chi connectivity index (χ4n) is 2.55. The van der Waals surface area contributed by atoms with E-state index in [2.05, 4.69) is 52.7 Å². The second kappa shape index (κ2) is 11.1. The average molecular weight is 354 g/mol. The number of ether oxygens (including phenoxy) is 1. The Labute approximate surface area is 156 Å². The van der Waals surface area contributed by atoms with Gasteiger partial charge in [-0.3, -0.25) is 9.98 Å². The Morgan fingerprint density at radius 2 is 1.96 bits per heavy atom. The largest absolute Gasteiger partial charge is 0.493 e. The minimum Gasteiger partial charge on any atom is -0.493 e. The van der Waals surface area contributed by atoms with Crippen molar-refractivity contribution in [2.75, 3.05) is 13.7 Å². The number of hydrogen-bond donors (Lipinski definition) is 2. The maximum Gasteiger partial charge on any atom is 0.191 e. The van der Waals surface area contributed by atoms with Crippen LogP contribution in [0.15, 0.2) is 47.6 Å². The average Bonchev–Trinajstić information content (AvgIpc) is 2.67. The molecular weight excluding hydrogens is 324 g/mol. The van der Waals surface area contributed by atoms with Crippen molar-refractivity contribution in [3.05, 3.63) is 59.4 Å². The molecule has 0 aliphatic carbocycles. The zero-order valence-electron chi connectivity index (χ0n) is 16.1. The van der Waals surface area contributed by atoms with E-state index in [-0.39, 0.29) is 0 Å². The molecule has 0 aliphatic rings. The zero-order chi connectivity index (χ0) is 18.6. The van der Waals surface area contributed by atoms with E-state index >= 15 is 0 Å². The van der Waals surface area contributed by atoms with E-state index in [9.17, 15) is 0 Å². The third kappa shape index (κ3) is 6.75. The van der Waals surface area contributed by atoms with Crippen molar-refractivity contribution in [1.29, 1.82) is 0 Å². The Kier molecular flexibility index (Phi) is 8.46. The van der Waals surface area contributed by atoms with Crippen LogP contribution in [0.25, 0.3) is 0 Å². The van der Waals surface area contributed by atoms with Crippen molar-refractivity contribution in [3.63, 3.8) is 0 Å². The van der Waals surface area contributed by atoms with Gasteiger partial charge in [-0.2, -0.15) is 0 Å². The van der Waals surface area contributed by atoms with Crippen LogP contribution in [0.3, 0.4) is 0 Å². The Balaban J connectivity index is 1.89. The van der Waals surface area contributed by atoms with Crippen molar-refractivity contribution < 1.29 is 4.74 Å². The van der Waals surface area contributed by atoms with Gasteiger partial charge in [0.05, 0.1) is 18.8 Å². The lowest BCUT2D eigenvalue weighted by atomic mass is 10.1. The molecule has 0 saturated carbocycles. The number of aryl methyl sites for hydroxylation is 1. The third-order valence-corrected chi connectivity index (χ3v) is 4.06. The van der Waals surface area contributed by atoms with Gasteiger partial charge in [0.2, 0.25) is 0 Å². The topological polar surface area (TPSA) is 58.5 Å². The molecular formula is C21H30N4O. The maximum atomic E-state index is 6.00. The van der Waals surface area contributed by atoms with Crippen LogP contribution in [0.1, 0.15) is 43.0 Å². The Morgan fingerprint density at radius 3 is 2.69 bits per heavy atom. The van der Waals surface area contributed by atoms with Crippen molar-refractivity contribution >= 4 is 5.96 Å². The number of unbranched alkanes of at least 4 members (excludes halogenated alkanes) is 2. The molecule has 0 radical (unpaired) electrons. The first-order valence-corrected chi connectivity index (χ1v) is 9.29. The summed E-state index contributed by atoms with van der Waals surface area (Å²) in [4.78, 5) is 8.59. The molecule has 140 valence electrons. The lowest BCUT2D eigenvalue weighted by molar-refractivity contribution is 0.303. The number of nitrogens with zero attached hydrogens (tertiary/aromatic N) is 2. The van der Waals surface area contributed by atoms with Gasteiger partial charge in [-0.25, -0.2) is 0 Å². The van der Waals surface area contributed by atoms with Gasteiger partial charge in [0.15, 0.2) is 5.96 Å². The molecule has 2 N–H and O–H groups in total. The molecule has 5 nitrogen and oxygen atoms in total. The van der Waals surface area contributed by atoms with E-state index in [0.29, 0.717) is 13.1 Å². The van der Waals surface area contributed by atoms with Crippen LogP contribution in [0, 0.1) is 6.92 Å². The molecule has 26 heavy (non-hydrogen) atoms. The van der Waals surface area contributed by atoms with Gasteiger partial charge in [-0.1, -0.05) is 38.0 Å². The minimum absolute atomic E-state index is 0.634. The van der Waals surface area contributed by atoms with Crippen LogP contribution >= 0.6 is 0 Å². The standard InChI is InChI=1S/C21H30N4O/c1-4-5-8-13-26-20-14-17(2)10-11-18(20)15-24-21(22-3)25-16-19-9-6-7-12-23-19/h6-7,9-12,14H,4-5,8,13,15-16H2,1-3H3,(H2,22,24,25). The highest BCUT2D eigenvalue weighted by Gasteiger charge is 2.06. The molecule has 0 fully saturated rings. The maximum absolute atomic E-state index is 6.00. The molecule has 5 heteroatoms. The van der Waals surface area contributed by atoms with E-state index in [1.165, 1.54) is 18.4 Å². The predicted octanol–water partition coefficient (Wildman–Crippen LogP) is 3.82. The number of hydrogen-bond acceptors (Lipinski definition) is 3. The normalized spacial score (nSPS) is 11.3. The summed E-state index contributed by atoms with van der Waals surface area (Å²) in [5, 5.41) is 6.63. The molecule has 2 rings (SSSR count). The van der Waals surface area contributed by atoms with Crippen LogP contribution in [-0.4, -0.2) is 24.6 Å². The summed E-state index contributed by atoms with van der Waals surface area (Å²) in [6, 6.07) is 12.2. The highest BCUT2D eigenvalue weighted by Crippen LogP contribution is 2.20. The van der Waals surface area contributed by atoms with Crippen LogP contribution in [0.2, 0.25) is 0 Å². The number of aliphatic imine (C=N–C) groups is 1. The van der Waals surface area contributed by atoms with Gasteiger partial charge >= 0.3 is 0 Å². The van der Waals surface area contributed by atoms with Gasteiger partial charge in [0.1, 0.15) is 5.75 Å². The molecule has 0 saturated heterocycles. The fraction of sp³-hybridized carbons (Fsp3) is 0.429. The minimum atomic E-state index is 0.634.